The second-order valence-electron chi connectivity index (χ2n) is 4.35. The normalized spacial score (nSPS) is 13.2. The summed E-state index contributed by atoms with van der Waals surface area (Å²) in [5.74, 6) is 2.04. The summed E-state index contributed by atoms with van der Waals surface area (Å²) < 4.78 is 10.3. The molecule has 0 fully saturated rings. The van der Waals surface area contributed by atoms with Crippen molar-refractivity contribution in [3.8, 4) is 12.3 Å². The zero-order chi connectivity index (χ0) is 14.8. The number of aliphatic hydroxyl groups excluding tert-OH is 1. The second-order valence-corrected chi connectivity index (χ2v) is 4.35. The largest absolute Gasteiger partial charge is 0.466 e. The minimum atomic E-state index is -0.856. The zero-order valence-electron chi connectivity index (χ0n) is 11.6. The number of carbonyl (C=O) groups is 1. The highest BCUT2D eigenvalue weighted by molar-refractivity contribution is 5.69. The highest BCUT2D eigenvalue weighted by atomic mass is 16.5. The van der Waals surface area contributed by atoms with E-state index >= 15 is 0 Å². The highest BCUT2D eigenvalue weighted by Gasteiger charge is 2.17. The minimum absolute atomic E-state index is 0.0687. The Morgan fingerprint density at radius 2 is 2.10 bits per heavy atom. The molecule has 0 amide bonds. The van der Waals surface area contributed by atoms with Crippen LogP contribution in [0.4, 0.5) is 0 Å². The first-order valence-corrected chi connectivity index (χ1v) is 6.61. The molecule has 0 bridgehead atoms. The molecule has 0 saturated carbocycles. The molecule has 0 aliphatic carbocycles. The first-order chi connectivity index (χ1) is 9.65. The first-order valence-electron chi connectivity index (χ1n) is 6.61. The fourth-order valence-electron chi connectivity index (χ4n) is 1.70. The predicted molar refractivity (Wildman–Crippen MR) is 75.7 cm³/mol. The van der Waals surface area contributed by atoms with Crippen molar-refractivity contribution in [2.75, 3.05) is 6.61 Å². The lowest BCUT2D eigenvalue weighted by atomic mass is 10.1. The van der Waals surface area contributed by atoms with Gasteiger partial charge in [-0.2, -0.15) is 0 Å². The maximum absolute atomic E-state index is 11.2. The topological polar surface area (TPSA) is 55.8 Å². The first kappa shape index (κ1) is 16.2. The SMILES string of the molecule is C#C[C@@H](C[C@@H](O)CC(=O)OCC)OCc1ccccc1. The van der Waals surface area contributed by atoms with Crippen LogP contribution in [0, 0.1) is 12.3 Å². The van der Waals surface area contributed by atoms with Gasteiger partial charge in [0.25, 0.3) is 0 Å². The van der Waals surface area contributed by atoms with Gasteiger partial charge >= 0.3 is 5.97 Å². The van der Waals surface area contributed by atoms with Gasteiger partial charge in [0.05, 0.1) is 25.7 Å². The molecule has 0 unspecified atom stereocenters. The molecule has 1 rings (SSSR count). The molecule has 4 heteroatoms. The Kier molecular flexibility index (Phi) is 7.41. The van der Waals surface area contributed by atoms with E-state index in [0.717, 1.165) is 5.56 Å². The molecule has 4 nitrogen and oxygen atoms in total. The third-order valence-electron chi connectivity index (χ3n) is 2.67. The molecular weight excluding hydrogens is 256 g/mol. The van der Waals surface area contributed by atoms with Crippen LogP contribution in [0.1, 0.15) is 25.3 Å². The number of ether oxygens (including phenoxy) is 2. The third kappa shape index (κ3) is 6.37. The molecular formula is C16H20O4. The van der Waals surface area contributed by atoms with Crippen molar-refractivity contribution in [1.29, 1.82) is 0 Å². The van der Waals surface area contributed by atoms with Gasteiger partial charge in [-0.25, -0.2) is 0 Å². The number of hydrogen-bond acceptors (Lipinski definition) is 4. The van der Waals surface area contributed by atoms with Crippen molar-refractivity contribution in [2.24, 2.45) is 0 Å². The van der Waals surface area contributed by atoms with Crippen molar-refractivity contribution in [3.05, 3.63) is 35.9 Å². The Hall–Kier alpha value is -1.83. The molecule has 0 heterocycles. The number of benzene rings is 1. The summed E-state index contributed by atoms with van der Waals surface area (Å²) in [4.78, 5) is 11.2. The van der Waals surface area contributed by atoms with E-state index in [-0.39, 0.29) is 12.8 Å². The summed E-state index contributed by atoms with van der Waals surface area (Å²) in [7, 11) is 0. The van der Waals surface area contributed by atoms with Crippen LogP contribution in [0.5, 0.6) is 0 Å². The smallest absolute Gasteiger partial charge is 0.308 e. The summed E-state index contributed by atoms with van der Waals surface area (Å²) in [5, 5.41) is 9.77. The lowest BCUT2D eigenvalue weighted by molar-refractivity contribution is -0.145. The van der Waals surface area contributed by atoms with Gasteiger partial charge < -0.3 is 14.6 Å². The minimum Gasteiger partial charge on any atom is -0.466 e. The van der Waals surface area contributed by atoms with Gasteiger partial charge in [-0.05, 0) is 12.5 Å². The molecule has 0 aliphatic rings. The van der Waals surface area contributed by atoms with Crippen molar-refractivity contribution >= 4 is 5.97 Å². The molecule has 2 atom stereocenters. The van der Waals surface area contributed by atoms with Gasteiger partial charge in [0.2, 0.25) is 0 Å². The van der Waals surface area contributed by atoms with Crippen LogP contribution in [0.25, 0.3) is 0 Å². The number of esters is 1. The van der Waals surface area contributed by atoms with Gasteiger partial charge in [0.1, 0.15) is 6.10 Å². The molecule has 1 aromatic carbocycles. The standard InChI is InChI=1S/C16H20O4/c1-3-15(10-14(17)11-16(18)19-4-2)20-12-13-8-6-5-7-9-13/h1,5-9,14-15,17H,4,10-12H2,2H3/t14-,15+/m1/s1. The summed E-state index contributed by atoms with van der Waals surface area (Å²) in [6.07, 6.45) is 4.13. The molecule has 0 aromatic heterocycles. The van der Waals surface area contributed by atoms with E-state index in [1.54, 1.807) is 6.92 Å². The van der Waals surface area contributed by atoms with Crippen molar-refractivity contribution < 1.29 is 19.4 Å². The van der Waals surface area contributed by atoms with Crippen LogP contribution in [0.2, 0.25) is 0 Å². The molecule has 108 valence electrons. The summed E-state index contributed by atoms with van der Waals surface area (Å²) >= 11 is 0. The van der Waals surface area contributed by atoms with Crippen LogP contribution in [0.15, 0.2) is 30.3 Å². The fourth-order valence-corrected chi connectivity index (χ4v) is 1.70. The monoisotopic (exact) mass is 276 g/mol. The van der Waals surface area contributed by atoms with E-state index in [1.165, 1.54) is 0 Å². The van der Waals surface area contributed by atoms with Crippen LogP contribution >= 0.6 is 0 Å². The van der Waals surface area contributed by atoms with E-state index in [2.05, 4.69) is 5.92 Å². The highest BCUT2D eigenvalue weighted by Crippen LogP contribution is 2.10. The molecule has 1 N–H and O–H groups in total. The van der Waals surface area contributed by atoms with Gasteiger partial charge in [-0.15, -0.1) is 6.42 Å². The number of aliphatic hydroxyl groups is 1. The van der Waals surface area contributed by atoms with Crippen molar-refractivity contribution in [2.45, 2.75) is 38.6 Å². The average molecular weight is 276 g/mol. The maximum Gasteiger partial charge on any atom is 0.308 e. The van der Waals surface area contributed by atoms with Gasteiger partial charge in [-0.3, -0.25) is 4.79 Å². The third-order valence-corrected chi connectivity index (χ3v) is 2.67. The van der Waals surface area contributed by atoms with Gasteiger partial charge in [0, 0.05) is 6.42 Å². The van der Waals surface area contributed by atoms with Crippen molar-refractivity contribution in [1.82, 2.24) is 0 Å². The average Bonchev–Trinajstić information content (AvgIpc) is 2.44. The van der Waals surface area contributed by atoms with E-state index < -0.39 is 18.2 Å². The van der Waals surface area contributed by atoms with E-state index in [1.807, 2.05) is 30.3 Å². The fraction of sp³-hybridized carbons (Fsp3) is 0.438. The lowest BCUT2D eigenvalue weighted by Crippen LogP contribution is -2.23. The number of rotatable bonds is 8. The Labute approximate surface area is 119 Å². The summed E-state index contributed by atoms with van der Waals surface area (Å²) in [6, 6.07) is 9.62. The van der Waals surface area contributed by atoms with Crippen LogP contribution in [-0.2, 0) is 20.9 Å². The maximum atomic E-state index is 11.2. The Morgan fingerprint density at radius 3 is 2.70 bits per heavy atom. The van der Waals surface area contributed by atoms with E-state index in [4.69, 9.17) is 15.9 Å². The molecule has 0 aliphatic heterocycles. The molecule has 0 spiro atoms. The van der Waals surface area contributed by atoms with E-state index in [9.17, 15) is 9.90 Å². The zero-order valence-corrected chi connectivity index (χ0v) is 11.6. The number of carbonyl (C=O) groups excluding carboxylic acids is 1. The summed E-state index contributed by atoms with van der Waals surface area (Å²) in [5.41, 5.74) is 1.01. The number of hydrogen-bond donors (Lipinski definition) is 1. The van der Waals surface area contributed by atoms with E-state index in [0.29, 0.717) is 13.2 Å². The van der Waals surface area contributed by atoms with Gasteiger partial charge in [0.15, 0.2) is 0 Å². The van der Waals surface area contributed by atoms with Crippen molar-refractivity contribution in [3.63, 3.8) is 0 Å². The Bertz CT molecular complexity index is 436. The van der Waals surface area contributed by atoms with Crippen LogP contribution in [0.3, 0.4) is 0 Å². The van der Waals surface area contributed by atoms with Crippen LogP contribution in [-0.4, -0.2) is 29.9 Å². The Morgan fingerprint density at radius 1 is 1.40 bits per heavy atom. The molecule has 0 saturated heterocycles. The molecule has 1 aromatic rings. The Balaban J connectivity index is 2.36. The number of terminal acetylenes is 1. The van der Waals surface area contributed by atoms with Gasteiger partial charge in [-0.1, -0.05) is 36.3 Å². The quantitative estimate of drug-likeness (QED) is 0.582. The summed E-state index contributed by atoms with van der Waals surface area (Å²) in [6.45, 7) is 2.40. The van der Waals surface area contributed by atoms with Crippen LogP contribution < -0.4 is 0 Å². The lowest BCUT2D eigenvalue weighted by Gasteiger charge is -2.16. The molecule has 0 radical (unpaired) electrons. The second kappa shape index (κ2) is 9.13. The predicted octanol–water partition coefficient (Wildman–Crippen LogP) is 1.91. The molecule has 20 heavy (non-hydrogen) atoms.